The first-order valence-corrected chi connectivity index (χ1v) is 11.9. The number of ether oxygens (including phenoxy) is 2. The number of carbonyl (C=O) groups is 2. The molecule has 0 bridgehead atoms. The molecule has 184 valence electrons. The highest BCUT2D eigenvalue weighted by molar-refractivity contribution is 5.85. The monoisotopic (exact) mass is 467 g/mol. The molecule has 0 fully saturated rings. The van der Waals surface area contributed by atoms with Crippen LogP contribution in [0.4, 0.5) is 0 Å². The molecule has 1 amide bonds. The zero-order valence-electron chi connectivity index (χ0n) is 21.4. The van der Waals surface area contributed by atoms with E-state index in [1.807, 2.05) is 77.6 Å². The average molecular weight is 468 g/mol. The fraction of sp³-hybridized carbons (Fsp3) is 0.500. The number of hydrogen-bond donors (Lipinski definition) is 1. The number of aliphatic carboxylic acids is 1. The molecule has 2 aromatic rings. The van der Waals surface area contributed by atoms with Crippen LogP contribution < -0.4 is 0 Å². The summed E-state index contributed by atoms with van der Waals surface area (Å²) in [5, 5.41) is 10.2. The van der Waals surface area contributed by atoms with Gasteiger partial charge in [0, 0.05) is 25.3 Å². The van der Waals surface area contributed by atoms with Crippen LogP contribution in [0, 0.1) is 20.8 Å². The molecule has 0 spiro atoms. The van der Waals surface area contributed by atoms with Gasteiger partial charge >= 0.3 is 5.97 Å². The van der Waals surface area contributed by atoms with Crippen molar-refractivity contribution in [2.75, 3.05) is 13.2 Å². The summed E-state index contributed by atoms with van der Waals surface area (Å²) in [4.78, 5) is 27.2. The molecule has 3 rings (SSSR count). The molecule has 1 atom stereocenters. The summed E-state index contributed by atoms with van der Waals surface area (Å²) >= 11 is 0. The lowest BCUT2D eigenvalue weighted by molar-refractivity contribution is -0.160. The second kappa shape index (κ2) is 10.3. The Morgan fingerprint density at radius 3 is 2.15 bits per heavy atom. The molecule has 34 heavy (non-hydrogen) atoms. The van der Waals surface area contributed by atoms with Crippen LogP contribution in [-0.4, -0.2) is 40.7 Å². The van der Waals surface area contributed by atoms with Crippen molar-refractivity contribution in [2.24, 2.45) is 0 Å². The number of rotatable bonds is 8. The van der Waals surface area contributed by atoms with E-state index in [2.05, 4.69) is 0 Å². The van der Waals surface area contributed by atoms with E-state index < -0.39 is 17.7 Å². The van der Waals surface area contributed by atoms with Crippen LogP contribution in [0.5, 0.6) is 0 Å². The van der Waals surface area contributed by atoms with E-state index in [-0.39, 0.29) is 5.91 Å². The summed E-state index contributed by atoms with van der Waals surface area (Å²) < 4.78 is 11.5. The van der Waals surface area contributed by atoms with Crippen LogP contribution in [0.1, 0.15) is 73.6 Å². The van der Waals surface area contributed by atoms with E-state index in [9.17, 15) is 14.7 Å². The van der Waals surface area contributed by atoms with E-state index in [1.165, 1.54) is 0 Å². The van der Waals surface area contributed by atoms with E-state index in [0.29, 0.717) is 38.3 Å². The summed E-state index contributed by atoms with van der Waals surface area (Å²) in [5.41, 5.74) is 7.01. The summed E-state index contributed by atoms with van der Waals surface area (Å²) in [5.74, 6) is -0.976. The van der Waals surface area contributed by atoms with Crippen molar-refractivity contribution in [3.05, 3.63) is 57.6 Å². The number of amides is 1. The molecule has 0 saturated heterocycles. The molecule has 0 aromatic heterocycles. The highest BCUT2D eigenvalue weighted by atomic mass is 16.5. The van der Waals surface area contributed by atoms with Crippen molar-refractivity contribution >= 4 is 11.9 Å². The maximum absolute atomic E-state index is 12.8. The Morgan fingerprint density at radius 1 is 1.03 bits per heavy atom. The van der Waals surface area contributed by atoms with Crippen LogP contribution in [0.15, 0.2) is 24.3 Å². The molecule has 6 nitrogen and oxygen atoms in total. The normalized spacial score (nSPS) is 14.3. The van der Waals surface area contributed by atoms with Crippen molar-refractivity contribution in [2.45, 2.75) is 79.7 Å². The predicted molar refractivity (Wildman–Crippen MR) is 133 cm³/mol. The SMILES string of the molecule is CCOCCC(=O)N1Cc2c(C)c(-c3ccc(C)cc3)c([C@H](OC(C)(C)C)C(=O)O)c(C)c2C1. The average Bonchev–Trinajstić information content (AvgIpc) is 3.21. The van der Waals surface area contributed by atoms with Gasteiger partial charge in [0.1, 0.15) is 0 Å². The number of aryl methyl sites for hydroxylation is 1. The first kappa shape index (κ1) is 25.9. The second-order valence-electron chi connectivity index (χ2n) is 10.0. The maximum Gasteiger partial charge on any atom is 0.337 e. The molecule has 0 radical (unpaired) electrons. The van der Waals surface area contributed by atoms with Gasteiger partial charge in [-0.25, -0.2) is 4.79 Å². The van der Waals surface area contributed by atoms with Gasteiger partial charge < -0.3 is 19.5 Å². The van der Waals surface area contributed by atoms with Crippen LogP contribution >= 0.6 is 0 Å². The molecule has 1 aliphatic rings. The van der Waals surface area contributed by atoms with Gasteiger partial charge in [0.05, 0.1) is 18.6 Å². The van der Waals surface area contributed by atoms with Gasteiger partial charge in [-0.3, -0.25) is 4.79 Å². The van der Waals surface area contributed by atoms with Crippen LogP contribution in [-0.2, 0) is 32.2 Å². The molecule has 6 heteroatoms. The summed E-state index contributed by atoms with van der Waals surface area (Å²) in [6, 6.07) is 8.13. The topological polar surface area (TPSA) is 76.1 Å². The predicted octanol–water partition coefficient (Wildman–Crippen LogP) is 5.49. The Hall–Kier alpha value is -2.70. The van der Waals surface area contributed by atoms with Crippen molar-refractivity contribution in [3.63, 3.8) is 0 Å². The lowest BCUT2D eigenvalue weighted by Gasteiger charge is -2.29. The van der Waals surface area contributed by atoms with E-state index in [4.69, 9.17) is 9.47 Å². The second-order valence-corrected chi connectivity index (χ2v) is 10.0. The van der Waals surface area contributed by atoms with Gasteiger partial charge in [0.2, 0.25) is 5.91 Å². The van der Waals surface area contributed by atoms with Crippen molar-refractivity contribution in [1.29, 1.82) is 0 Å². The fourth-order valence-electron chi connectivity index (χ4n) is 4.67. The number of carboxylic acids is 1. The molecule has 2 aromatic carbocycles. The highest BCUT2D eigenvalue weighted by Crippen LogP contribution is 2.43. The molecule has 0 unspecified atom stereocenters. The number of carbonyl (C=O) groups excluding carboxylic acids is 1. The zero-order valence-corrected chi connectivity index (χ0v) is 21.4. The molecule has 0 saturated carbocycles. The third kappa shape index (κ3) is 5.50. The summed E-state index contributed by atoms with van der Waals surface area (Å²) in [6.45, 7) is 15.5. The fourth-order valence-corrected chi connectivity index (χ4v) is 4.67. The minimum atomic E-state index is -1.12. The van der Waals surface area contributed by atoms with Crippen molar-refractivity contribution in [1.82, 2.24) is 4.90 Å². The van der Waals surface area contributed by atoms with E-state index in [0.717, 1.165) is 38.9 Å². The van der Waals surface area contributed by atoms with Gasteiger partial charge in [0.25, 0.3) is 0 Å². The van der Waals surface area contributed by atoms with Crippen LogP contribution in [0.3, 0.4) is 0 Å². The minimum Gasteiger partial charge on any atom is -0.479 e. The van der Waals surface area contributed by atoms with Crippen LogP contribution in [0.25, 0.3) is 11.1 Å². The summed E-state index contributed by atoms with van der Waals surface area (Å²) in [7, 11) is 0. The van der Waals surface area contributed by atoms with Crippen LogP contribution in [0.2, 0.25) is 0 Å². The smallest absolute Gasteiger partial charge is 0.337 e. The first-order valence-electron chi connectivity index (χ1n) is 11.9. The molecule has 1 N–H and O–H groups in total. The van der Waals surface area contributed by atoms with Gasteiger partial charge in [-0.2, -0.15) is 0 Å². The van der Waals surface area contributed by atoms with E-state index in [1.54, 1.807) is 0 Å². The van der Waals surface area contributed by atoms with Gasteiger partial charge in [0.15, 0.2) is 6.10 Å². The molecule has 0 aliphatic carbocycles. The van der Waals surface area contributed by atoms with Crippen molar-refractivity contribution < 1.29 is 24.2 Å². The lowest BCUT2D eigenvalue weighted by atomic mass is 9.83. The van der Waals surface area contributed by atoms with Gasteiger partial charge in [-0.1, -0.05) is 29.8 Å². The Morgan fingerprint density at radius 2 is 1.62 bits per heavy atom. The number of hydrogen-bond acceptors (Lipinski definition) is 4. The highest BCUT2D eigenvalue weighted by Gasteiger charge is 2.36. The Balaban J connectivity index is 2.17. The Labute approximate surface area is 202 Å². The Kier molecular flexibility index (Phi) is 7.84. The molecule has 1 aliphatic heterocycles. The zero-order chi connectivity index (χ0) is 25.2. The molecular formula is C28H37NO5. The van der Waals surface area contributed by atoms with E-state index >= 15 is 0 Å². The number of nitrogens with zero attached hydrogens (tertiary/aromatic N) is 1. The lowest BCUT2D eigenvalue weighted by Crippen LogP contribution is -2.28. The number of benzene rings is 2. The number of carboxylic acid groups (broad SMARTS) is 1. The quantitative estimate of drug-likeness (QED) is 0.520. The maximum atomic E-state index is 12.8. The third-order valence-corrected chi connectivity index (χ3v) is 6.33. The number of fused-ring (bicyclic) bond motifs is 1. The third-order valence-electron chi connectivity index (χ3n) is 6.33. The largest absolute Gasteiger partial charge is 0.479 e. The first-order chi connectivity index (χ1) is 15.9. The molecular weight excluding hydrogens is 430 g/mol. The Bertz CT molecular complexity index is 1070. The van der Waals surface area contributed by atoms with Gasteiger partial charge in [-0.15, -0.1) is 0 Å². The summed E-state index contributed by atoms with van der Waals surface area (Å²) in [6.07, 6.45) is -0.786. The van der Waals surface area contributed by atoms with Crippen molar-refractivity contribution in [3.8, 4) is 11.1 Å². The minimum absolute atomic E-state index is 0.0441. The molecule has 1 heterocycles. The van der Waals surface area contributed by atoms with Gasteiger partial charge in [-0.05, 0) is 81.8 Å². The standard InChI is InChI=1S/C28H37NO5/c1-8-33-14-13-23(30)29-15-21-18(3)24(20-11-9-17(2)10-12-20)25(19(4)22(21)16-29)26(27(31)32)34-28(5,6)7/h9-12,26H,8,13-16H2,1-7H3,(H,31,32)/t26-/m0/s1.